The molecule has 0 saturated heterocycles. The quantitative estimate of drug-likeness (QED) is 0.331. The number of ether oxygens (including phenoxy) is 1. The first kappa shape index (κ1) is 27.8. The predicted octanol–water partition coefficient (Wildman–Crippen LogP) is 2.08. The van der Waals surface area contributed by atoms with E-state index in [0.717, 1.165) is 11.1 Å². The molecular formula is C24H29ClN4O6S. The van der Waals surface area contributed by atoms with Crippen molar-refractivity contribution < 1.29 is 27.9 Å². The van der Waals surface area contributed by atoms with Gasteiger partial charge in [0.15, 0.2) is 15.6 Å². The second-order valence-electron chi connectivity index (χ2n) is 8.15. The molecule has 0 saturated carbocycles. The molecule has 1 heterocycles. The van der Waals surface area contributed by atoms with Crippen LogP contribution < -0.4 is 10.6 Å². The minimum absolute atomic E-state index is 0.0847. The van der Waals surface area contributed by atoms with E-state index in [1.165, 1.54) is 11.0 Å². The van der Waals surface area contributed by atoms with Crippen LogP contribution in [-0.2, 0) is 25.9 Å². The summed E-state index contributed by atoms with van der Waals surface area (Å²) in [5.74, 6) is 0.0558. The molecule has 2 aromatic rings. The smallest absolute Gasteiger partial charge is 0.413 e. The van der Waals surface area contributed by atoms with Crippen LogP contribution in [0.5, 0.6) is 0 Å². The Morgan fingerprint density at radius 3 is 2.64 bits per heavy atom. The number of amidine groups is 1. The maximum absolute atomic E-state index is 12.5. The molecule has 0 bridgehead atoms. The topological polar surface area (TPSA) is 137 Å². The fraction of sp³-hybridized carbons (Fsp3) is 0.375. The number of ketones is 1. The Balaban J connectivity index is 1.30. The van der Waals surface area contributed by atoms with Gasteiger partial charge in [0, 0.05) is 23.7 Å². The molecule has 12 heteroatoms. The highest BCUT2D eigenvalue weighted by Crippen LogP contribution is 2.23. The van der Waals surface area contributed by atoms with Gasteiger partial charge in [0.05, 0.1) is 31.1 Å². The van der Waals surface area contributed by atoms with Gasteiger partial charge in [-0.15, -0.1) is 0 Å². The summed E-state index contributed by atoms with van der Waals surface area (Å²) in [6, 6.07) is 12.1. The molecule has 3 N–H and O–H groups in total. The summed E-state index contributed by atoms with van der Waals surface area (Å²) in [6.45, 7) is 3.43. The van der Waals surface area contributed by atoms with E-state index in [2.05, 4.69) is 15.6 Å². The maximum Gasteiger partial charge on any atom is 0.413 e. The van der Waals surface area contributed by atoms with Crippen molar-refractivity contribution in [3.63, 3.8) is 0 Å². The molecular weight excluding hydrogens is 508 g/mol. The maximum atomic E-state index is 12.5. The molecule has 0 spiro atoms. The molecule has 0 fully saturated rings. The number of hydrogen-bond acceptors (Lipinski definition) is 8. The highest BCUT2D eigenvalue weighted by atomic mass is 35.5. The summed E-state index contributed by atoms with van der Waals surface area (Å²) in [5.41, 5.74) is 2.18. The van der Waals surface area contributed by atoms with Gasteiger partial charge in [-0.25, -0.2) is 13.2 Å². The van der Waals surface area contributed by atoms with Gasteiger partial charge in [0.25, 0.3) is 0 Å². The number of rotatable bonds is 13. The van der Waals surface area contributed by atoms with Crippen molar-refractivity contribution >= 4 is 39.2 Å². The summed E-state index contributed by atoms with van der Waals surface area (Å²) < 4.78 is 30.2. The number of carboxylic acid groups (broad SMARTS) is 1. The van der Waals surface area contributed by atoms with Crippen LogP contribution in [0.15, 0.2) is 52.4 Å². The minimum atomic E-state index is -3.53. The number of Topliss-reactive ketones (excluding diaryl/α,β-unsaturated/α-hetero) is 1. The van der Waals surface area contributed by atoms with Crippen molar-refractivity contribution in [3.05, 3.63) is 64.2 Å². The molecule has 3 rings (SSSR count). The van der Waals surface area contributed by atoms with Crippen LogP contribution >= 0.6 is 11.6 Å². The fourth-order valence-electron chi connectivity index (χ4n) is 3.59. The number of amides is 1. The van der Waals surface area contributed by atoms with Crippen LogP contribution in [0.4, 0.5) is 4.79 Å². The van der Waals surface area contributed by atoms with E-state index in [9.17, 15) is 23.1 Å². The average Bonchev–Trinajstić information content (AvgIpc) is 3.34. The highest BCUT2D eigenvalue weighted by Gasteiger charge is 2.24. The van der Waals surface area contributed by atoms with Crippen molar-refractivity contribution in [2.24, 2.45) is 4.99 Å². The second-order valence-corrected chi connectivity index (χ2v) is 10.5. The molecule has 10 nitrogen and oxygen atoms in total. The lowest BCUT2D eigenvalue weighted by Gasteiger charge is -2.14. The third-order valence-corrected chi connectivity index (χ3v) is 7.57. The number of aliphatic imine (C=N–C) groups is 1. The molecule has 0 radical (unpaired) electrons. The normalized spacial score (nSPS) is 13.6. The van der Waals surface area contributed by atoms with Gasteiger partial charge in [-0.1, -0.05) is 41.9 Å². The van der Waals surface area contributed by atoms with Crippen LogP contribution in [0.2, 0.25) is 5.02 Å². The van der Waals surface area contributed by atoms with E-state index in [1.807, 2.05) is 24.3 Å². The van der Waals surface area contributed by atoms with Gasteiger partial charge in [0.1, 0.15) is 18.3 Å². The summed E-state index contributed by atoms with van der Waals surface area (Å²) >= 11 is 6.00. The molecule has 0 unspecified atom stereocenters. The molecule has 0 atom stereocenters. The van der Waals surface area contributed by atoms with Crippen LogP contribution in [0.25, 0.3) is 0 Å². The fourth-order valence-corrected chi connectivity index (χ4v) is 5.25. The van der Waals surface area contributed by atoms with Gasteiger partial charge in [-0.05, 0) is 30.2 Å². The lowest BCUT2D eigenvalue weighted by atomic mass is 10.1. The third kappa shape index (κ3) is 7.58. The Bertz CT molecular complexity index is 1220. The first-order valence-corrected chi connectivity index (χ1v) is 13.3. The molecule has 1 aliphatic rings. The largest absolute Gasteiger partial charge is 0.465 e. The Morgan fingerprint density at radius 1 is 1.17 bits per heavy atom. The van der Waals surface area contributed by atoms with Crippen molar-refractivity contribution in [1.29, 1.82) is 0 Å². The first-order chi connectivity index (χ1) is 17.2. The average molecular weight is 537 g/mol. The van der Waals surface area contributed by atoms with Gasteiger partial charge >= 0.3 is 6.09 Å². The number of carbonyl (C=O) groups is 2. The number of benzene rings is 2. The van der Waals surface area contributed by atoms with Gasteiger partial charge in [-0.2, -0.15) is 0 Å². The number of carbonyl (C=O) groups excluding carboxylic acids is 1. The van der Waals surface area contributed by atoms with E-state index in [1.54, 1.807) is 19.1 Å². The highest BCUT2D eigenvalue weighted by molar-refractivity contribution is 7.91. The molecule has 2 aromatic carbocycles. The zero-order valence-corrected chi connectivity index (χ0v) is 21.4. The van der Waals surface area contributed by atoms with E-state index in [-0.39, 0.29) is 42.9 Å². The summed E-state index contributed by atoms with van der Waals surface area (Å²) in [7, 11) is -3.53. The lowest BCUT2D eigenvalue weighted by molar-refractivity contribution is -0.122. The first-order valence-electron chi connectivity index (χ1n) is 11.3. The Kier molecular flexibility index (Phi) is 9.97. The third-order valence-electron chi connectivity index (χ3n) is 5.47. The van der Waals surface area contributed by atoms with Crippen molar-refractivity contribution in [3.8, 4) is 0 Å². The lowest BCUT2D eigenvalue weighted by Crippen LogP contribution is -2.33. The van der Waals surface area contributed by atoms with Gasteiger partial charge in [-0.3, -0.25) is 14.7 Å². The van der Waals surface area contributed by atoms with Crippen LogP contribution in [0.3, 0.4) is 0 Å². The summed E-state index contributed by atoms with van der Waals surface area (Å²) in [4.78, 5) is 28.9. The number of hydrogen-bond donors (Lipinski definition) is 3. The molecule has 0 aliphatic carbocycles. The minimum Gasteiger partial charge on any atom is -0.465 e. The Morgan fingerprint density at radius 2 is 1.92 bits per heavy atom. The van der Waals surface area contributed by atoms with Crippen LogP contribution in [0.1, 0.15) is 16.7 Å². The summed E-state index contributed by atoms with van der Waals surface area (Å²) in [5, 5.41) is 15.5. The standard InChI is InChI=1S/C24H29ClN4O6S/c1-17-21(25)3-2-4-22(17)36(33,34)16-26-10-12-35-15-20(30)14-27-13-18-5-7-19(8-6-18)23-28-9-11-29(23)24(31)32/h2-8,26-27H,9-16H2,1H3,(H,31,32). The molecule has 0 aromatic heterocycles. The molecule has 1 aliphatic heterocycles. The Hall–Kier alpha value is -2.83. The summed E-state index contributed by atoms with van der Waals surface area (Å²) in [6.07, 6.45) is -1.02. The van der Waals surface area contributed by atoms with E-state index in [4.69, 9.17) is 16.3 Å². The zero-order chi connectivity index (χ0) is 26.1. The number of sulfone groups is 1. The monoisotopic (exact) mass is 536 g/mol. The number of halogens is 1. The molecule has 36 heavy (non-hydrogen) atoms. The van der Waals surface area contributed by atoms with E-state index in [0.29, 0.717) is 36.1 Å². The number of nitrogens with one attached hydrogen (secondary N) is 2. The van der Waals surface area contributed by atoms with E-state index >= 15 is 0 Å². The number of nitrogens with zero attached hydrogens (tertiary/aromatic N) is 2. The van der Waals surface area contributed by atoms with Crippen molar-refractivity contribution in [2.75, 3.05) is 45.3 Å². The Labute approximate surface area is 215 Å². The van der Waals surface area contributed by atoms with Gasteiger partial charge < -0.3 is 20.5 Å². The van der Waals surface area contributed by atoms with Crippen molar-refractivity contribution in [2.45, 2.75) is 18.4 Å². The molecule has 1 amide bonds. The zero-order valence-electron chi connectivity index (χ0n) is 19.9. The van der Waals surface area contributed by atoms with Crippen LogP contribution in [0, 0.1) is 6.92 Å². The predicted molar refractivity (Wildman–Crippen MR) is 136 cm³/mol. The second kappa shape index (κ2) is 12.9. The van der Waals surface area contributed by atoms with Gasteiger partial charge in [0.2, 0.25) is 0 Å². The molecule has 194 valence electrons. The van der Waals surface area contributed by atoms with E-state index < -0.39 is 15.9 Å². The van der Waals surface area contributed by atoms with Crippen LogP contribution in [-0.4, -0.2) is 81.4 Å². The van der Waals surface area contributed by atoms with Crippen molar-refractivity contribution in [1.82, 2.24) is 15.5 Å². The SMILES string of the molecule is Cc1c(Cl)cccc1S(=O)(=O)CNCCOCC(=O)CNCc1ccc(C2=NCCN2C(=O)O)cc1.